The van der Waals surface area contributed by atoms with E-state index >= 15 is 0 Å². The average molecular weight is 186 g/mol. The van der Waals surface area contributed by atoms with Crippen LogP contribution in [0.3, 0.4) is 0 Å². The van der Waals surface area contributed by atoms with Gasteiger partial charge in [0.1, 0.15) is 0 Å². The second-order valence-electron chi connectivity index (χ2n) is 4.16. The quantitative estimate of drug-likeness (QED) is 0.686. The van der Waals surface area contributed by atoms with Gasteiger partial charge in [-0.25, -0.2) is 0 Å². The maximum absolute atomic E-state index is 3.71. The van der Waals surface area contributed by atoms with Gasteiger partial charge in [0.05, 0.1) is 0 Å². The van der Waals surface area contributed by atoms with Crippen LogP contribution in [0.4, 0.5) is 0 Å². The van der Waals surface area contributed by atoms with Crippen LogP contribution in [0.5, 0.6) is 0 Å². The monoisotopic (exact) mass is 186 g/mol. The first-order valence-electron chi connectivity index (χ1n) is 4.80. The van der Waals surface area contributed by atoms with E-state index in [1.54, 1.807) is 0 Å². The standard InChI is InChI=1S/C9H18N2S/c1-7-3-8(6-12-7)10-9-4-11(2)5-9/h7-10H,3-6H2,1-2H3. The van der Waals surface area contributed by atoms with Gasteiger partial charge in [-0.2, -0.15) is 11.8 Å². The molecule has 0 aromatic carbocycles. The van der Waals surface area contributed by atoms with Crippen molar-refractivity contribution in [2.24, 2.45) is 0 Å². The highest BCUT2D eigenvalue weighted by molar-refractivity contribution is 8.00. The fourth-order valence-electron chi connectivity index (χ4n) is 2.07. The number of nitrogens with zero attached hydrogens (tertiary/aromatic N) is 1. The minimum Gasteiger partial charge on any atom is -0.308 e. The molecule has 70 valence electrons. The number of hydrogen-bond acceptors (Lipinski definition) is 3. The van der Waals surface area contributed by atoms with Crippen LogP contribution in [0.15, 0.2) is 0 Å². The number of hydrogen-bond donors (Lipinski definition) is 1. The molecule has 0 radical (unpaired) electrons. The molecular formula is C9H18N2S. The van der Waals surface area contributed by atoms with Gasteiger partial charge in [0.25, 0.3) is 0 Å². The maximum Gasteiger partial charge on any atom is 0.0325 e. The first-order chi connectivity index (χ1) is 5.74. The Kier molecular flexibility index (Phi) is 2.63. The molecule has 2 fully saturated rings. The molecule has 2 aliphatic heterocycles. The van der Waals surface area contributed by atoms with Crippen LogP contribution >= 0.6 is 11.8 Å². The summed E-state index contributed by atoms with van der Waals surface area (Å²) in [6.07, 6.45) is 1.37. The van der Waals surface area contributed by atoms with Crippen LogP contribution < -0.4 is 5.32 Å². The van der Waals surface area contributed by atoms with Gasteiger partial charge in [-0.1, -0.05) is 6.92 Å². The molecule has 0 saturated carbocycles. The normalized spacial score (nSPS) is 38.5. The number of thioether (sulfide) groups is 1. The largest absolute Gasteiger partial charge is 0.308 e. The first kappa shape index (κ1) is 8.85. The Hall–Kier alpha value is 0.270. The van der Waals surface area contributed by atoms with Gasteiger partial charge >= 0.3 is 0 Å². The predicted octanol–water partition coefficient (Wildman–Crippen LogP) is 0.784. The third-order valence-corrected chi connectivity index (χ3v) is 4.09. The average Bonchev–Trinajstić information content (AvgIpc) is 2.33. The second-order valence-corrected chi connectivity index (χ2v) is 5.63. The second kappa shape index (κ2) is 3.56. The van der Waals surface area contributed by atoms with E-state index in [2.05, 4.69) is 35.9 Å². The van der Waals surface area contributed by atoms with Crippen LogP contribution in [-0.4, -0.2) is 48.1 Å². The molecule has 0 bridgehead atoms. The topological polar surface area (TPSA) is 15.3 Å². The summed E-state index contributed by atoms with van der Waals surface area (Å²) in [5.74, 6) is 1.32. The summed E-state index contributed by atoms with van der Waals surface area (Å²) in [7, 11) is 2.18. The van der Waals surface area contributed by atoms with E-state index in [4.69, 9.17) is 0 Å². The zero-order chi connectivity index (χ0) is 8.55. The molecule has 2 heterocycles. The Balaban J connectivity index is 1.67. The molecule has 2 aliphatic rings. The van der Waals surface area contributed by atoms with Crippen molar-refractivity contribution in [2.75, 3.05) is 25.9 Å². The van der Waals surface area contributed by atoms with Crippen molar-refractivity contribution >= 4 is 11.8 Å². The van der Waals surface area contributed by atoms with Gasteiger partial charge < -0.3 is 10.2 Å². The molecule has 0 amide bonds. The highest BCUT2D eigenvalue weighted by Crippen LogP contribution is 2.26. The van der Waals surface area contributed by atoms with Crippen molar-refractivity contribution in [1.82, 2.24) is 10.2 Å². The highest BCUT2D eigenvalue weighted by atomic mass is 32.2. The number of likely N-dealkylation sites (N-methyl/N-ethyl adjacent to an activating group) is 1. The summed E-state index contributed by atoms with van der Waals surface area (Å²) in [4.78, 5) is 2.36. The van der Waals surface area contributed by atoms with E-state index in [1.807, 2.05) is 0 Å². The van der Waals surface area contributed by atoms with E-state index in [0.29, 0.717) is 0 Å². The van der Waals surface area contributed by atoms with Crippen molar-refractivity contribution in [3.63, 3.8) is 0 Å². The third kappa shape index (κ3) is 1.95. The van der Waals surface area contributed by atoms with E-state index in [1.165, 1.54) is 25.3 Å². The molecule has 2 unspecified atom stereocenters. The Bertz CT molecular complexity index is 157. The number of nitrogens with one attached hydrogen (secondary N) is 1. The van der Waals surface area contributed by atoms with Crippen LogP contribution in [-0.2, 0) is 0 Å². The van der Waals surface area contributed by atoms with Gasteiger partial charge in [0.2, 0.25) is 0 Å². The fourth-order valence-corrected chi connectivity index (χ4v) is 3.23. The van der Waals surface area contributed by atoms with E-state index in [-0.39, 0.29) is 0 Å². The summed E-state index contributed by atoms with van der Waals surface area (Å²) in [5, 5.41) is 4.59. The number of rotatable bonds is 2. The summed E-state index contributed by atoms with van der Waals surface area (Å²) in [6.45, 7) is 4.82. The van der Waals surface area contributed by atoms with E-state index in [0.717, 1.165) is 17.3 Å². The van der Waals surface area contributed by atoms with Crippen molar-refractivity contribution in [2.45, 2.75) is 30.7 Å². The van der Waals surface area contributed by atoms with Gasteiger partial charge in [-0.3, -0.25) is 0 Å². The SMILES string of the molecule is CC1CC(NC2CN(C)C2)CS1. The minimum absolute atomic E-state index is 0.783. The van der Waals surface area contributed by atoms with Crippen LogP contribution in [0.1, 0.15) is 13.3 Å². The fraction of sp³-hybridized carbons (Fsp3) is 1.00. The van der Waals surface area contributed by atoms with E-state index < -0.39 is 0 Å². The van der Waals surface area contributed by atoms with Crippen LogP contribution in [0.25, 0.3) is 0 Å². The summed E-state index contributed by atoms with van der Waals surface area (Å²) < 4.78 is 0. The summed E-state index contributed by atoms with van der Waals surface area (Å²) in [6, 6.07) is 1.58. The molecule has 2 nitrogen and oxygen atoms in total. The molecule has 0 spiro atoms. The zero-order valence-electron chi connectivity index (χ0n) is 7.92. The Labute approximate surface area is 79.1 Å². The number of likely N-dealkylation sites (tertiary alicyclic amines) is 1. The molecule has 1 N–H and O–H groups in total. The molecule has 2 atom stereocenters. The van der Waals surface area contributed by atoms with Gasteiger partial charge in [-0.15, -0.1) is 0 Å². The Morgan fingerprint density at radius 3 is 2.58 bits per heavy atom. The Morgan fingerprint density at radius 2 is 2.08 bits per heavy atom. The lowest BCUT2D eigenvalue weighted by Gasteiger charge is -2.38. The minimum atomic E-state index is 0.783. The van der Waals surface area contributed by atoms with Gasteiger partial charge in [0, 0.05) is 36.2 Å². The van der Waals surface area contributed by atoms with E-state index in [9.17, 15) is 0 Å². The molecule has 0 aliphatic carbocycles. The van der Waals surface area contributed by atoms with Gasteiger partial charge in [-0.05, 0) is 13.5 Å². The molecule has 0 aromatic rings. The van der Waals surface area contributed by atoms with Crippen molar-refractivity contribution in [3.8, 4) is 0 Å². The summed E-state index contributed by atoms with van der Waals surface area (Å²) >= 11 is 2.11. The lowest BCUT2D eigenvalue weighted by atomic mass is 10.1. The molecule has 12 heavy (non-hydrogen) atoms. The van der Waals surface area contributed by atoms with Crippen LogP contribution in [0, 0.1) is 0 Å². The van der Waals surface area contributed by atoms with Crippen molar-refractivity contribution in [1.29, 1.82) is 0 Å². The first-order valence-corrected chi connectivity index (χ1v) is 5.85. The predicted molar refractivity (Wildman–Crippen MR) is 54.7 cm³/mol. The van der Waals surface area contributed by atoms with Gasteiger partial charge in [0.15, 0.2) is 0 Å². The van der Waals surface area contributed by atoms with Crippen LogP contribution in [0.2, 0.25) is 0 Å². The molecule has 3 heteroatoms. The third-order valence-electron chi connectivity index (χ3n) is 2.73. The molecule has 0 aromatic heterocycles. The Morgan fingerprint density at radius 1 is 1.33 bits per heavy atom. The van der Waals surface area contributed by atoms with Crippen molar-refractivity contribution in [3.05, 3.63) is 0 Å². The molecule has 2 saturated heterocycles. The smallest absolute Gasteiger partial charge is 0.0325 e. The zero-order valence-corrected chi connectivity index (χ0v) is 8.73. The highest BCUT2D eigenvalue weighted by Gasteiger charge is 2.28. The summed E-state index contributed by atoms with van der Waals surface area (Å²) in [5.41, 5.74) is 0. The lowest BCUT2D eigenvalue weighted by Crippen LogP contribution is -2.58. The lowest BCUT2D eigenvalue weighted by molar-refractivity contribution is 0.153. The molecule has 2 rings (SSSR count). The molecular weight excluding hydrogens is 168 g/mol. The van der Waals surface area contributed by atoms with Crippen molar-refractivity contribution < 1.29 is 0 Å². The maximum atomic E-state index is 3.71.